The molecule has 1 fully saturated rings. The van der Waals surface area contributed by atoms with Crippen molar-refractivity contribution in [3.63, 3.8) is 0 Å². The second-order valence-corrected chi connectivity index (χ2v) is 8.68. The van der Waals surface area contributed by atoms with Gasteiger partial charge in [-0.3, -0.25) is 20.2 Å². The fourth-order valence-electron chi connectivity index (χ4n) is 4.00. The number of carbonyl (C=O) groups is 1. The molecule has 0 spiro atoms. The molecule has 1 amide bonds. The highest BCUT2D eigenvalue weighted by Crippen LogP contribution is 2.31. The van der Waals surface area contributed by atoms with E-state index in [0.29, 0.717) is 16.6 Å². The van der Waals surface area contributed by atoms with Gasteiger partial charge in [-0.1, -0.05) is 30.3 Å². The van der Waals surface area contributed by atoms with Crippen LogP contribution in [-0.2, 0) is 6.42 Å². The van der Waals surface area contributed by atoms with Gasteiger partial charge in [-0.2, -0.15) is 0 Å². The van der Waals surface area contributed by atoms with Crippen molar-refractivity contribution in [1.29, 1.82) is 0 Å². The molecule has 0 bridgehead atoms. The van der Waals surface area contributed by atoms with Crippen LogP contribution in [0.25, 0.3) is 0 Å². The molecule has 1 aliphatic rings. The first kappa shape index (κ1) is 21.0. The lowest BCUT2D eigenvalue weighted by atomic mass is 9.89. The van der Waals surface area contributed by atoms with Gasteiger partial charge in [-0.05, 0) is 43.7 Å². The second kappa shape index (κ2) is 9.26. The lowest BCUT2D eigenvalue weighted by molar-refractivity contribution is -0.384. The van der Waals surface area contributed by atoms with E-state index >= 15 is 0 Å². The number of rotatable bonds is 6. The summed E-state index contributed by atoms with van der Waals surface area (Å²) in [4.78, 5) is 30.2. The van der Waals surface area contributed by atoms with E-state index in [4.69, 9.17) is 0 Å². The first-order valence-corrected chi connectivity index (χ1v) is 11.2. The molecule has 1 aromatic heterocycles. The SMILES string of the molecule is Cc1csc(NC(=O)c2cc([N+](=O)[O-])ccc2N2CCC(Cc3ccccc3)CC2)n1. The summed E-state index contributed by atoms with van der Waals surface area (Å²) >= 11 is 1.34. The van der Waals surface area contributed by atoms with Crippen molar-refractivity contribution in [3.8, 4) is 0 Å². The molecule has 0 radical (unpaired) electrons. The number of hydrogen-bond donors (Lipinski definition) is 1. The van der Waals surface area contributed by atoms with Gasteiger partial charge in [0.05, 0.1) is 21.9 Å². The topological polar surface area (TPSA) is 88.4 Å². The zero-order valence-corrected chi connectivity index (χ0v) is 18.1. The Morgan fingerprint density at radius 3 is 2.61 bits per heavy atom. The third-order valence-electron chi connectivity index (χ3n) is 5.60. The number of non-ortho nitro benzene ring substituents is 1. The molecule has 0 atom stereocenters. The van der Waals surface area contributed by atoms with Crippen molar-refractivity contribution in [3.05, 3.63) is 80.8 Å². The largest absolute Gasteiger partial charge is 0.371 e. The lowest BCUT2D eigenvalue weighted by Crippen LogP contribution is -2.35. The number of nitro groups is 1. The predicted molar refractivity (Wildman–Crippen MR) is 123 cm³/mol. The first-order valence-electron chi connectivity index (χ1n) is 10.3. The molecular formula is C23H24N4O3S. The molecule has 2 heterocycles. The Morgan fingerprint density at radius 1 is 1.23 bits per heavy atom. The van der Waals surface area contributed by atoms with Gasteiger partial charge in [-0.25, -0.2) is 4.98 Å². The summed E-state index contributed by atoms with van der Waals surface area (Å²) in [6.45, 7) is 3.47. The highest BCUT2D eigenvalue weighted by molar-refractivity contribution is 7.13. The number of anilines is 2. The Hall–Kier alpha value is -3.26. The van der Waals surface area contributed by atoms with E-state index in [1.807, 2.05) is 18.4 Å². The predicted octanol–water partition coefficient (Wildman–Crippen LogP) is 5.07. The maximum absolute atomic E-state index is 13.0. The second-order valence-electron chi connectivity index (χ2n) is 7.83. The molecule has 8 heteroatoms. The van der Waals surface area contributed by atoms with Crippen LogP contribution in [0.2, 0.25) is 0 Å². The Labute approximate surface area is 184 Å². The molecule has 3 aromatic rings. The van der Waals surface area contributed by atoms with Crippen LogP contribution < -0.4 is 10.2 Å². The van der Waals surface area contributed by atoms with E-state index in [1.165, 1.54) is 29.0 Å². The van der Waals surface area contributed by atoms with E-state index < -0.39 is 4.92 Å². The zero-order valence-electron chi connectivity index (χ0n) is 17.3. The van der Waals surface area contributed by atoms with Gasteiger partial charge in [0.15, 0.2) is 5.13 Å². The normalized spacial score (nSPS) is 14.4. The third kappa shape index (κ3) is 5.08. The molecule has 1 aliphatic heterocycles. The molecule has 0 aliphatic carbocycles. The highest BCUT2D eigenvalue weighted by Gasteiger charge is 2.25. The van der Waals surface area contributed by atoms with Crippen molar-refractivity contribution in [2.24, 2.45) is 5.92 Å². The van der Waals surface area contributed by atoms with E-state index in [1.54, 1.807) is 6.07 Å². The number of piperidine rings is 1. The minimum absolute atomic E-state index is 0.0943. The molecule has 2 aromatic carbocycles. The number of benzene rings is 2. The van der Waals surface area contributed by atoms with Crippen LogP contribution in [0.3, 0.4) is 0 Å². The molecule has 160 valence electrons. The Kier molecular flexibility index (Phi) is 6.27. The smallest absolute Gasteiger partial charge is 0.270 e. The fraction of sp³-hybridized carbons (Fsp3) is 0.304. The van der Waals surface area contributed by atoms with Crippen LogP contribution in [0.5, 0.6) is 0 Å². The van der Waals surface area contributed by atoms with Crippen LogP contribution in [0.1, 0.15) is 34.5 Å². The van der Waals surface area contributed by atoms with Crippen molar-refractivity contribution >= 4 is 33.8 Å². The fourth-order valence-corrected chi connectivity index (χ4v) is 4.68. The summed E-state index contributed by atoms with van der Waals surface area (Å²) in [5, 5.41) is 16.4. The molecule has 4 rings (SSSR count). The zero-order chi connectivity index (χ0) is 21.8. The maximum Gasteiger partial charge on any atom is 0.270 e. The summed E-state index contributed by atoms with van der Waals surface area (Å²) in [5.74, 6) is 0.215. The minimum Gasteiger partial charge on any atom is -0.371 e. The summed E-state index contributed by atoms with van der Waals surface area (Å²) in [7, 11) is 0. The number of thiazole rings is 1. The maximum atomic E-state index is 13.0. The van der Waals surface area contributed by atoms with Gasteiger partial charge < -0.3 is 4.90 Å². The summed E-state index contributed by atoms with van der Waals surface area (Å²) in [5.41, 5.74) is 3.11. The van der Waals surface area contributed by atoms with E-state index in [-0.39, 0.29) is 11.6 Å². The number of aromatic nitrogens is 1. The molecule has 31 heavy (non-hydrogen) atoms. The van der Waals surface area contributed by atoms with Crippen LogP contribution in [0.15, 0.2) is 53.9 Å². The average Bonchev–Trinajstić information content (AvgIpc) is 3.19. The van der Waals surface area contributed by atoms with Gasteiger partial charge in [0, 0.05) is 30.6 Å². The monoisotopic (exact) mass is 436 g/mol. The Morgan fingerprint density at radius 2 is 1.97 bits per heavy atom. The van der Waals surface area contributed by atoms with Crippen molar-refractivity contribution in [1.82, 2.24) is 4.98 Å². The molecule has 1 saturated heterocycles. The molecular weight excluding hydrogens is 412 g/mol. The van der Waals surface area contributed by atoms with E-state index in [2.05, 4.69) is 39.5 Å². The van der Waals surface area contributed by atoms with Gasteiger partial charge in [0.25, 0.3) is 11.6 Å². The van der Waals surface area contributed by atoms with Crippen molar-refractivity contribution in [2.45, 2.75) is 26.2 Å². The van der Waals surface area contributed by atoms with Gasteiger partial charge >= 0.3 is 0 Å². The third-order valence-corrected chi connectivity index (χ3v) is 6.47. The van der Waals surface area contributed by atoms with Crippen LogP contribution in [0, 0.1) is 23.0 Å². The molecule has 1 N–H and O–H groups in total. The minimum atomic E-state index is -0.472. The van der Waals surface area contributed by atoms with Crippen LogP contribution in [-0.4, -0.2) is 28.9 Å². The van der Waals surface area contributed by atoms with Gasteiger partial charge in [-0.15, -0.1) is 11.3 Å². The number of aryl methyl sites for hydroxylation is 1. The number of amides is 1. The summed E-state index contributed by atoms with van der Waals surface area (Å²) in [6.07, 6.45) is 3.07. The molecule has 0 saturated carbocycles. The van der Waals surface area contributed by atoms with Crippen LogP contribution >= 0.6 is 11.3 Å². The average molecular weight is 437 g/mol. The van der Waals surface area contributed by atoms with Crippen molar-refractivity contribution < 1.29 is 9.72 Å². The lowest BCUT2D eigenvalue weighted by Gasteiger charge is -2.34. The Balaban J connectivity index is 1.51. The number of nitro benzene ring substituents is 1. The number of nitrogens with one attached hydrogen (secondary N) is 1. The number of hydrogen-bond acceptors (Lipinski definition) is 6. The van der Waals surface area contributed by atoms with Crippen LogP contribution in [0.4, 0.5) is 16.5 Å². The van der Waals surface area contributed by atoms with Gasteiger partial charge in [0.1, 0.15) is 0 Å². The van der Waals surface area contributed by atoms with Gasteiger partial charge in [0.2, 0.25) is 0 Å². The quantitative estimate of drug-likeness (QED) is 0.430. The molecule has 0 unspecified atom stereocenters. The van der Waals surface area contributed by atoms with E-state index in [0.717, 1.165) is 43.7 Å². The van der Waals surface area contributed by atoms with Crippen molar-refractivity contribution in [2.75, 3.05) is 23.3 Å². The highest BCUT2D eigenvalue weighted by atomic mass is 32.1. The summed E-state index contributed by atoms with van der Waals surface area (Å²) in [6, 6.07) is 15.0. The van der Waals surface area contributed by atoms with E-state index in [9.17, 15) is 14.9 Å². The summed E-state index contributed by atoms with van der Waals surface area (Å²) < 4.78 is 0. The number of nitrogens with zero attached hydrogens (tertiary/aromatic N) is 3. The first-order chi connectivity index (χ1) is 15.0. The standard InChI is InChI=1S/C23H24N4O3S/c1-16-15-31-23(24-16)25-22(28)20-14-19(27(29)30)7-8-21(20)26-11-9-18(10-12-26)13-17-5-3-2-4-6-17/h2-8,14-15,18H,9-13H2,1H3,(H,24,25,28). The number of carbonyl (C=O) groups excluding carboxylic acids is 1. The Bertz CT molecular complexity index is 1080. The molecule has 7 nitrogen and oxygen atoms in total.